The molecule has 0 radical (unpaired) electrons. The van der Waals surface area contributed by atoms with Gasteiger partial charge < -0.3 is 31.3 Å². The Morgan fingerprint density at radius 1 is 0.559 bits per heavy atom. The van der Waals surface area contributed by atoms with Crippen molar-refractivity contribution < 1.29 is 38.7 Å². The molecule has 5 amide bonds. The van der Waals surface area contributed by atoms with Gasteiger partial charge in [-0.1, -0.05) is 133 Å². The third kappa shape index (κ3) is 14.1. The van der Waals surface area contributed by atoms with E-state index >= 15 is 0 Å². The van der Waals surface area contributed by atoms with E-state index in [1.807, 2.05) is 109 Å². The smallest absolute Gasteiger partial charge is 0.323 e. The molecule has 2 bridgehead atoms. The summed E-state index contributed by atoms with van der Waals surface area (Å²) in [4.78, 5) is 99.5. The standard InChI is InChI=1S/C54H53N5O8S/c60-48-32-42(54(67)59(35-51(63)64)34-39-13-6-2-7-14-39)29-37-20-24-43(25-21-37)55-49(61)26-27-50(62)56-47(33-44-17-10-28-68-44)53(66)58-46(52(65)57-45(48)30-36-11-4-1-5-12-36)31-38-18-22-41(23-19-38)40-15-8-3-9-16-40/h1-25,28,42,45-47H,26-27,29-35H2,(H,55,61)(H,56,62)(H,57,65)(H,58,66)(H,63,64)/t42-,45-,46+,47-/m1/s1. The van der Waals surface area contributed by atoms with Crippen LogP contribution in [-0.2, 0) is 65.8 Å². The van der Waals surface area contributed by atoms with Crippen molar-refractivity contribution in [2.24, 2.45) is 5.92 Å². The zero-order valence-corrected chi connectivity index (χ0v) is 38.2. The number of anilines is 1. The number of carbonyl (C=O) groups is 7. The maximum Gasteiger partial charge on any atom is 0.323 e. The molecule has 6 aromatic rings. The second kappa shape index (κ2) is 23.7. The van der Waals surface area contributed by atoms with Crippen LogP contribution in [0.5, 0.6) is 0 Å². The fraction of sp³-hybridized carbons (Fsp3) is 0.241. The van der Waals surface area contributed by atoms with Crippen molar-refractivity contribution in [1.29, 1.82) is 0 Å². The van der Waals surface area contributed by atoms with Crippen LogP contribution in [-0.4, -0.2) is 76.0 Å². The van der Waals surface area contributed by atoms with E-state index in [1.165, 1.54) is 16.2 Å². The minimum atomic E-state index is -1.24. The molecular formula is C54H53N5O8S. The van der Waals surface area contributed by atoms with Crippen LogP contribution in [0.15, 0.2) is 157 Å². The summed E-state index contributed by atoms with van der Waals surface area (Å²) in [5.41, 5.74) is 5.14. The summed E-state index contributed by atoms with van der Waals surface area (Å²) in [7, 11) is 0. The normalized spacial score (nSPS) is 18.6. The van der Waals surface area contributed by atoms with Gasteiger partial charge in [0.2, 0.25) is 29.5 Å². The third-order valence-corrected chi connectivity index (χ3v) is 12.6. The second-order valence-corrected chi connectivity index (χ2v) is 17.9. The van der Waals surface area contributed by atoms with Crippen LogP contribution in [0, 0.1) is 5.92 Å². The Bertz CT molecular complexity index is 2660. The van der Waals surface area contributed by atoms with Crippen LogP contribution in [0.25, 0.3) is 11.1 Å². The topological polar surface area (TPSA) is 191 Å². The number of carboxylic acids is 1. The monoisotopic (exact) mass is 931 g/mol. The molecule has 8 rings (SSSR count). The molecule has 348 valence electrons. The number of carbonyl (C=O) groups excluding carboxylic acids is 6. The summed E-state index contributed by atoms with van der Waals surface area (Å²) in [5.74, 6) is -5.63. The molecule has 14 heteroatoms. The van der Waals surface area contributed by atoms with Crippen LogP contribution in [0.1, 0.15) is 46.4 Å². The van der Waals surface area contributed by atoms with Crippen molar-refractivity contribution in [3.05, 3.63) is 184 Å². The first-order valence-electron chi connectivity index (χ1n) is 22.5. The van der Waals surface area contributed by atoms with E-state index in [-0.39, 0.29) is 51.5 Å². The molecule has 3 heterocycles. The summed E-state index contributed by atoms with van der Waals surface area (Å²) in [6.45, 7) is -0.642. The summed E-state index contributed by atoms with van der Waals surface area (Å²) in [5, 5.41) is 23.2. The van der Waals surface area contributed by atoms with Gasteiger partial charge in [0.25, 0.3) is 0 Å². The Hall–Kier alpha value is -7.71. The van der Waals surface area contributed by atoms with Crippen molar-refractivity contribution in [3.8, 4) is 11.1 Å². The first-order chi connectivity index (χ1) is 32.9. The zero-order valence-electron chi connectivity index (χ0n) is 37.3. The molecule has 2 aliphatic rings. The van der Waals surface area contributed by atoms with E-state index in [0.29, 0.717) is 22.4 Å². The number of rotatable bonds is 12. The molecule has 0 aliphatic carbocycles. The van der Waals surface area contributed by atoms with Gasteiger partial charge in [-0.15, -0.1) is 11.3 Å². The Kier molecular flexibility index (Phi) is 16.8. The molecule has 5 aromatic carbocycles. The summed E-state index contributed by atoms with van der Waals surface area (Å²) >= 11 is 1.40. The molecular weight excluding hydrogens is 879 g/mol. The van der Waals surface area contributed by atoms with E-state index in [1.54, 1.807) is 48.5 Å². The highest BCUT2D eigenvalue weighted by Crippen LogP contribution is 2.23. The maximum absolute atomic E-state index is 14.9. The molecule has 1 aromatic heterocycles. The molecule has 2 aliphatic heterocycles. The largest absolute Gasteiger partial charge is 0.480 e. The van der Waals surface area contributed by atoms with Crippen LogP contribution in [0.3, 0.4) is 0 Å². The molecule has 0 unspecified atom stereocenters. The van der Waals surface area contributed by atoms with E-state index in [0.717, 1.165) is 21.6 Å². The lowest BCUT2D eigenvalue weighted by Crippen LogP contribution is -2.57. The van der Waals surface area contributed by atoms with Crippen molar-refractivity contribution in [2.75, 3.05) is 11.9 Å². The highest BCUT2D eigenvalue weighted by atomic mass is 32.1. The van der Waals surface area contributed by atoms with Gasteiger partial charge in [0, 0.05) is 55.1 Å². The molecule has 4 atom stereocenters. The highest BCUT2D eigenvalue weighted by molar-refractivity contribution is 7.09. The van der Waals surface area contributed by atoms with Gasteiger partial charge >= 0.3 is 5.97 Å². The number of thiophene rings is 1. The molecule has 0 spiro atoms. The molecule has 0 saturated carbocycles. The number of fused-ring (bicyclic) bond motifs is 18. The predicted octanol–water partition coefficient (Wildman–Crippen LogP) is 6.56. The van der Waals surface area contributed by atoms with Crippen molar-refractivity contribution in [1.82, 2.24) is 20.9 Å². The van der Waals surface area contributed by atoms with Crippen LogP contribution in [0.2, 0.25) is 0 Å². The lowest BCUT2D eigenvalue weighted by molar-refractivity contribution is -0.147. The van der Waals surface area contributed by atoms with Crippen molar-refractivity contribution in [3.63, 3.8) is 0 Å². The number of nitrogens with one attached hydrogen (secondary N) is 4. The minimum Gasteiger partial charge on any atom is -0.480 e. The van der Waals surface area contributed by atoms with Gasteiger partial charge in [0.1, 0.15) is 18.6 Å². The first kappa shape index (κ1) is 48.2. The quantitative estimate of drug-likeness (QED) is 0.0853. The number of hydrogen-bond donors (Lipinski definition) is 5. The SMILES string of the molecule is O=C(O)CN(Cc1ccccc1)C(=O)[C@H]1CC(=O)[C@@H](Cc2ccccc2)NC(=O)[C@H](Cc2ccc(-c3ccccc3)cc2)NC(=O)[C@@H](Cc2cccs2)NC(=O)CCC(=O)Nc2ccc(cc2)C1. The number of ketones is 1. The van der Waals surface area contributed by atoms with Crippen molar-refractivity contribution in [2.45, 2.75) is 69.6 Å². The van der Waals surface area contributed by atoms with E-state index in [4.69, 9.17) is 0 Å². The molecule has 5 N–H and O–H groups in total. The number of nitrogens with zero attached hydrogens (tertiary/aromatic N) is 1. The van der Waals surface area contributed by atoms with E-state index in [9.17, 15) is 38.7 Å². The fourth-order valence-corrected chi connectivity index (χ4v) is 8.93. The van der Waals surface area contributed by atoms with Crippen LogP contribution < -0.4 is 21.3 Å². The molecule has 0 saturated heterocycles. The first-order valence-corrected chi connectivity index (χ1v) is 23.4. The molecule has 68 heavy (non-hydrogen) atoms. The average Bonchev–Trinajstić information content (AvgIpc) is 3.86. The minimum absolute atomic E-state index is 0.0132. The fourth-order valence-electron chi connectivity index (χ4n) is 8.18. The summed E-state index contributed by atoms with van der Waals surface area (Å²) in [6.07, 6.45) is -0.577. The number of Topliss-reactive ketones (excluding diaryl/α,β-unsaturated/α-hetero) is 1. The third-order valence-electron chi connectivity index (χ3n) is 11.7. The zero-order chi connectivity index (χ0) is 47.8. The van der Waals surface area contributed by atoms with Crippen LogP contribution >= 0.6 is 11.3 Å². The van der Waals surface area contributed by atoms with Gasteiger partial charge in [-0.25, -0.2) is 0 Å². The van der Waals surface area contributed by atoms with Crippen molar-refractivity contribution >= 4 is 58.3 Å². The number of amides is 5. The van der Waals surface area contributed by atoms with Gasteiger partial charge in [-0.05, 0) is 69.8 Å². The molecule has 13 nitrogen and oxygen atoms in total. The summed E-state index contributed by atoms with van der Waals surface area (Å²) < 4.78 is 0. The Balaban J connectivity index is 1.26. The summed E-state index contributed by atoms with van der Waals surface area (Å²) in [6, 6.07) is 42.2. The Morgan fingerprint density at radius 3 is 1.75 bits per heavy atom. The van der Waals surface area contributed by atoms with E-state index < -0.39 is 71.9 Å². The Labute approximate surface area is 399 Å². The molecule has 0 fully saturated rings. The number of aliphatic carboxylic acids is 1. The number of carboxylic acid groups (broad SMARTS) is 1. The Morgan fingerprint density at radius 2 is 1.12 bits per heavy atom. The van der Waals surface area contributed by atoms with E-state index in [2.05, 4.69) is 21.3 Å². The number of benzene rings is 5. The van der Waals surface area contributed by atoms with Gasteiger partial charge in [0.05, 0.1) is 6.04 Å². The second-order valence-electron chi connectivity index (χ2n) is 16.9. The highest BCUT2D eigenvalue weighted by Gasteiger charge is 2.34. The predicted molar refractivity (Wildman–Crippen MR) is 260 cm³/mol. The maximum atomic E-state index is 14.9. The van der Waals surface area contributed by atoms with Gasteiger partial charge in [-0.2, -0.15) is 0 Å². The number of hydrogen-bond acceptors (Lipinski definition) is 8. The lowest BCUT2D eigenvalue weighted by Gasteiger charge is -2.28. The average molecular weight is 932 g/mol. The van der Waals surface area contributed by atoms with Crippen LogP contribution in [0.4, 0.5) is 5.69 Å². The lowest BCUT2D eigenvalue weighted by atomic mass is 9.88. The van der Waals surface area contributed by atoms with Gasteiger partial charge in [-0.3, -0.25) is 33.6 Å². The van der Waals surface area contributed by atoms with Gasteiger partial charge in [0.15, 0.2) is 5.78 Å².